The van der Waals surface area contributed by atoms with Gasteiger partial charge in [0.15, 0.2) is 0 Å². The van der Waals surface area contributed by atoms with E-state index in [0.29, 0.717) is 0 Å². The molecule has 1 aromatic heterocycles. The number of hydrogen-bond donors (Lipinski definition) is 0. The molecule has 0 N–H and O–H groups in total. The molecule has 1 radical (unpaired) electrons. The lowest BCUT2D eigenvalue weighted by Gasteiger charge is -2.03. The van der Waals surface area contributed by atoms with E-state index < -0.39 is 0 Å². The first-order valence-corrected chi connectivity index (χ1v) is 4.84. The normalized spacial score (nSPS) is 13.3. The monoisotopic (exact) mass is 189 g/mol. The third-order valence-corrected chi connectivity index (χ3v) is 2.41. The van der Waals surface area contributed by atoms with Gasteiger partial charge in [0.05, 0.1) is 12.9 Å². The highest BCUT2D eigenvalue weighted by molar-refractivity contribution is 5.80. The van der Waals surface area contributed by atoms with E-state index in [0.717, 1.165) is 23.0 Å². The van der Waals surface area contributed by atoms with Crippen molar-refractivity contribution < 1.29 is 9.52 Å². The van der Waals surface area contributed by atoms with Gasteiger partial charge in [-0.2, -0.15) is 0 Å². The molecule has 0 spiro atoms. The Morgan fingerprint density at radius 2 is 2.14 bits per heavy atom. The van der Waals surface area contributed by atoms with Crippen LogP contribution < -0.4 is 0 Å². The second-order valence-electron chi connectivity index (χ2n) is 3.73. The average molecular weight is 189 g/mol. The molecule has 0 saturated carbocycles. The van der Waals surface area contributed by atoms with E-state index in [2.05, 4.69) is 0 Å². The molecule has 0 fully saturated rings. The summed E-state index contributed by atoms with van der Waals surface area (Å²) in [6.45, 7) is 1.94. The number of hydrogen-bond acceptors (Lipinski definition) is 1. The first-order valence-electron chi connectivity index (χ1n) is 4.84. The van der Waals surface area contributed by atoms with Gasteiger partial charge in [0, 0.05) is 5.39 Å². The maximum Gasteiger partial charge on any atom is 0.134 e. The number of benzene rings is 1. The van der Waals surface area contributed by atoms with Crippen molar-refractivity contribution >= 4 is 11.0 Å². The molecular weight excluding hydrogens is 176 g/mol. The van der Waals surface area contributed by atoms with Crippen LogP contribution in [-0.2, 0) is 11.5 Å². The van der Waals surface area contributed by atoms with Crippen LogP contribution in [0.4, 0.5) is 0 Å². The van der Waals surface area contributed by atoms with E-state index in [1.807, 2.05) is 31.2 Å². The molecule has 1 aromatic carbocycles. The summed E-state index contributed by atoms with van der Waals surface area (Å²) in [6, 6.07) is 7.92. The lowest BCUT2D eigenvalue weighted by Crippen LogP contribution is -2.02. The van der Waals surface area contributed by atoms with Crippen LogP contribution in [0.25, 0.3) is 11.0 Å². The van der Waals surface area contributed by atoms with Crippen LogP contribution in [0.5, 0.6) is 0 Å². The number of rotatable bonds is 3. The SMILES string of the molecule is CC(C[O])Cc1coc2ccccc12. The van der Waals surface area contributed by atoms with Crippen LogP contribution in [0, 0.1) is 5.92 Å². The van der Waals surface area contributed by atoms with Gasteiger partial charge in [-0.1, -0.05) is 25.1 Å². The topological polar surface area (TPSA) is 33.0 Å². The van der Waals surface area contributed by atoms with Crippen molar-refractivity contribution in [2.45, 2.75) is 13.3 Å². The second kappa shape index (κ2) is 3.84. The molecule has 0 saturated heterocycles. The Morgan fingerprint density at radius 1 is 1.36 bits per heavy atom. The summed E-state index contributed by atoms with van der Waals surface area (Å²) in [5.41, 5.74) is 2.05. The van der Waals surface area contributed by atoms with Crippen molar-refractivity contribution in [3.05, 3.63) is 36.1 Å². The molecular formula is C12H13O2. The van der Waals surface area contributed by atoms with Gasteiger partial charge in [0.25, 0.3) is 0 Å². The van der Waals surface area contributed by atoms with E-state index in [4.69, 9.17) is 4.42 Å². The molecule has 2 aromatic rings. The predicted molar refractivity (Wildman–Crippen MR) is 54.6 cm³/mol. The number of para-hydroxylation sites is 1. The summed E-state index contributed by atoms with van der Waals surface area (Å²) >= 11 is 0. The number of fused-ring (bicyclic) bond motifs is 1. The van der Waals surface area contributed by atoms with Gasteiger partial charge >= 0.3 is 0 Å². The highest BCUT2D eigenvalue weighted by atomic mass is 16.3. The Morgan fingerprint density at radius 3 is 2.93 bits per heavy atom. The summed E-state index contributed by atoms with van der Waals surface area (Å²) < 4.78 is 5.39. The Balaban J connectivity index is 2.33. The van der Waals surface area contributed by atoms with Crippen LogP contribution >= 0.6 is 0 Å². The molecule has 1 unspecified atom stereocenters. The fourth-order valence-corrected chi connectivity index (χ4v) is 1.63. The van der Waals surface area contributed by atoms with Crippen LogP contribution in [0.2, 0.25) is 0 Å². The van der Waals surface area contributed by atoms with Gasteiger partial charge in [-0.05, 0) is 24.0 Å². The zero-order chi connectivity index (χ0) is 9.97. The van der Waals surface area contributed by atoms with Crippen molar-refractivity contribution in [2.24, 2.45) is 5.92 Å². The fraction of sp³-hybridized carbons (Fsp3) is 0.333. The number of furan rings is 1. The molecule has 0 bridgehead atoms. The Labute approximate surface area is 83.2 Å². The second-order valence-corrected chi connectivity index (χ2v) is 3.73. The maximum absolute atomic E-state index is 10.7. The summed E-state index contributed by atoms with van der Waals surface area (Å²) in [5.74, 6) is 0.177. The summed E-state index contributed by atoms with van der Waals surface area (Å²) in [4.78, 5) is 0. The lowest BCUT2D eigenvalue weighted by molar-refractivity contribution is 0.151. The summed E-state index contributed by atoms with van der Waals surface area (Å²) in [6.07, 6.45) is 2.57. The zero-order valence-electron chi connectivity index (χ0n) is 8.19. The molecule has 2 nitrogen and oxygen atoms in total. The van der Waals surface area contributed by atoms with E-state index in [1.54, 1.807) is 6.26 Å². The van der Waals surface area contributed by atoms with Gasteiger partial charge in [-0.15, -0.1) is 0 Å². The molecule has 1 atom stereocenters. The van der Waals surface area contributed by atoms with E-state index in [9.17, 15) is 5.11 Å². The van der Waals surface area contributed by atoms with E-state index in [-0.39, 0.29) is 12.5 Å². The zero-order valence-corrected chi connectivity index (χ0v) is 8.19. The molecule has 2 heteroatoms. The predicted octanol–water partition coefficient (Wildman–Crippen LogP) is 3.04. The van der Waals surface area contributed by atoms with E-state index in [1.165, 1.54) is 0 Å². The van der Waals surface area contributed by atoms with Gasteiger partial charge in [0.2, 0.25) is 0 Å². The molecule has 1 heterocycles. The van der Waals surface area contributed by atoms with Gasteiger partial charge < -0.3 is 4.42 Å². The van der Waals surface area contributed by atoms with Crippen LogP contribution in [0.3, 0.4) is 0 Å². The Bertz CT molecular complexity index is 417. The van der Waals surface area contributed by atoms with Gasteiger partial charge in [0.1, 0.15) is 5.58 Å². The Kier molecular flexibility index (Phi) is 2.55. The molecule has 2 rings (SSSR count). The van der Waals surface area contributed by atoms with Crippen molar-refractivity contribution in [3.63, 3.8) is 0 Å². The fourth-order valence-electron chi connectivity index (χ4n) is 1.63. The molecule has 0 aliphatic rings. The highest BCUT2D eigenvalue weighted by Gasteiger charge is 2.08. The third kappa shape index (κ3) is 1.66. The van der Waals surface area contributed by atoms with Gasteiger partial charge in [-0.3, -0.25) is 0 Å². The van der Waals surface area contributed by atoms with Crippen LogP contribution in [0.15, 0.2) is 34.9 Å². The third-order valence-electron chi connectivity index (χ3n) is 2.41. The first kappa shape index (κ1) is 9.28. The largest absolute Gasteiger partial charge is 0.464 e. The maximum atomic E-state index is 10.7. The van der Waals surface area contributed by atoms with E-state index >= 15 is 0 Å². The standard InChI is InChI=1S/C12H13O2/c1-9(7-13)6-10-8-14-12-5-3-2-4-11(10)12/h2-5,8-9H,6-7H2,1H3. The van der Waals surface area contributed by atoms with Crippen LogP contribution in [-0.4, -0.2) is 6.61 Å². The first-order chi connectivity index (χ1) is 6.81. The average Bonchev–Trinajstić information content (AvgIpc) is 2.62. The smallest absolute Gasteiger partial charge is 0.134 e. The van der Waals surface area contributed by atoms with Gasteiger partial charge in [-0.25, -0.2) is 5.11 Å². The minimum atomic E-state index is -0.0283. The Hall–Kier alpha value is -1.28. The molecule has 73 valence electrons. The summed E-state index contributed by atoms with van der Waals surface area (Å²) in [5, 5.41) is 11.8. The molecule has 0 amide bonds. The van der Waals surface area contributed by atoms with Crippen molar-refractivity contribution in [2.75, 3.05) is 6.61 Å². The van der Waals surface area contributed by atoms with Crippen molar-refractivity contribution in [1.29, 1.82) is 0 Å². The highest BCUT2D eigenvalue weighted by Crippen LogP contribution is 2.22. The molecule has 14 heavy (non-hydrogen) atoms. The lowest BCUT2D eigenvalue weighted by atomic mass is 10.0. The van der Waals surface area contributed by atoms with Crippen molar-refractivity contribution in [3.8, 4) is 0 Å². The van der Waals surface area contributed by atoms with Crippen LogP contribution in [0.1, 0.15) is 12.5 Å². The molecule has 0 aliphatic carbocycles. The van der Waals surface area contributed by atoms with Crippen molar-refractivity contribution in [1.82, 2.24) is 0 Å². The minimum absolute atomic E-state index is 0.0283. The quantitative estimate of drug-likeness (QED) is 0.730. The molecule has 0 aliphatic heterocycles. The minimum Gasteiger partial charge on any atom is -0.464 e. The summed E-state index contributed by atoms with van der Waals surface area (Å²) in [7, 11) is 0.